The molecule has 1 amide bonds. The summed E-state index contributed by atoms with van der Waals surface area (Å²) in [5.41, 5.74) is 8.26. The van der Waals surface area contributed by atoms with Crippen molar-refractivity contribution < 1.29 is 9.53 Å². The van der Waals surface area contributed by atoms with Crippen molar-refractivity contribution in [3.05, 3.63) is 40.2 Å². The molecule has 2 heterocycles. The fourth-order valence-corrected chi connectivity index (χ4v) is 4.08. The highest BCUT2D eigenvalue weighted by molar-refractivity contribution is 7.12. The van der Waals surface area contributed by atoms with Crippen LogP contribution in [0.5, 0.6) is 0 Å². The van der Waals surface area contributed by atoms with Crippen LogP contribution >= 0.6 is 36.2 Å². The van der Waals surface area contributed by atoms with Crippen LogP contribution in [0, 0.1) is 12.8 Å². The lowest BCUT2D eigenvalue weighted by molar-refractivity contribution is -0.124. The third-order valence-electron chi connectivity index (χ3n) is 4.60. The Kier molecular flexibility index (Phi) is 10.3. The summed E-state index contributed by atoms with van der Waals surface area (Å²) in [6.45, 7) is 4.05. The highest BCUT2D eigenvalue weighted by Crippen LogP contribution is 2.27. The van der Waals surface area contributed by atoms with E-state index in [9.17, 15) is 4.79 Å². The van der Waals surface area contributed by atoms with Crippen molar-refractivity contribution >= 4 is 42.1 Å². The first-order chi connectivity index (χ1) is 12.1. The number of amides is 1. The first-order valence-electron chi connectivity index (χ1n) is 8.78. The number of carbonyl (C=O) groups is 1. The van der Waals surface area contributed by atoms with Crippen LogP contribution in [0.3, 0.4) is 0 Å². The summed E-state index contributed by atoms with van der Waals surface area (Å²) < 4.78 is 5.32. The van der Waals surface area contributed by atoms with Gasteiger partial charge in [0.05, 0.1) is 16.7 Å². The van der Waals surface area contributed by atoms with Crippen molar-refractivity contribution in [2.45, 2.75) is 32.2 Å². The molecule has 1 unspecified atom stereocenters. The van der Waals surface area contributed by atoms with E-state index in [1.165, 1.54) is 4.88 Å². The van der Waals surface area contributed by atoms with Crippen LogP contribution in [0.4, 0.5) is 0 Å². The number of benzene rings is 1. The molecular formula is C19H27Cl2N3O2S. The lowest BCUT2D eigenvalue weighted by Crippen LogP contribution is -2.47. The van der Waals surface area contributed by atoms with E-state index in [1.54, 1.807) is 11.3 Å². The molecule has 0 saturated carbocycles. The predicted octanol–water partition coefficient (Wildman–Crippen LogP) is 3.37. The van der Waals surface area contributed by atoms with Crippen LogP contribution < -0.4 is 11.1 Å². The smallest absolute Gasteiger partial charge is 0.237 e. The van der Waals surface area contributed by atoms with Gasteiger partial charge in [-0.1, -0.05) is 30.3 Å². The predicted molar refractivity (Wildman–Crippen MR) is 115 cm³/mol. The zero-order chi connectivity index (χ0) is 17.6. The van der Waals surface area contributed by atoms with Crippen molar-refractivity contribution in [2.24, 2.45) is 11.7 Å². The Hall–Kier alpha value is -1.18. The lowest BCUT2D eigenvalue weighted by Gasteiger charge is -2.26. The maximum absolute atomic E-state index is 12.2. The number of halogens is 2. The molecule has 1 aromatic heterocycles. The summed E-state index contributed by atoms with van der Waals surface area (Å²) >= 11 is 1.69. The average molecular weight is 432 g/mol. The van der Waals surface area contributed by atoms with Crippen molar-refractivity contribution in [1.29, 1.82) is 0 Å². The number of rotatable bonds is 6. The quantitative estimate of drug-likeness (QED) is 0.734. The van der Waals surface area contributed by atoms with Gasteiger partial charge in [0.2, 0.25) is 5.91 Å². The van der Waals surface area contributed by atoms with E-state index in [4.69, 9.17) is 15.5 Å². The number of aryl methyl sites for hydroxylation is 1. The van der Waals surface area contributed by atoms with Gasteiger partial charge < -0.3 is 15.8 Å². The lowest BCUT2D eigenvalue weighted by atomic mass is 9.92. The number of nitrogens with one attached hydrogen (secondary N) is 1. The molecule has 0 aliphatic carbocycles. The zero-order valence-corrected chi connectivity index (χ0v) is 17.8. The normalized spacial score (nSPS) is 15.3. The number of thiazole rings is 1. The van der Waals surface area contributed by atoms with E-state index in [0.29, 0.717) is 19.8 Å². The van der Waals surface area contributed by atoms with Crippen molar-refractivity contribution in [1.82, 2.24) is 10.3 Å². The fraction of sp³-hybridized carbons (Fsp3) is 0.474. The second kappa shape index (κ2) is 11.6. The van der Waals surface area contributed by atoms with Gasteiger partial charge in [0.1, 0.15) is 0 Å². The van der Waals surface area contributed by atoms with Gasteiger partial charge >= 0.3 is 0 Å². The van der Waals surface area contributed by atoms with Crippen LogP contribution in [0.1, 0.15) is 22.7 Å². The number of hydrogen-bond acceptors (Lipinski definition) is 5. The molecule has 0 spiro atoms. The molecule has 0 radical (unpaired) electrons. The molecule has 1 aliphatic rings. The summed E-state index contributed by atoms with van der Waals surface area (Å²) in [6, 6.07) is 9.74. The van der Waals surface area contributed by atoms with E-state index in [1.807, 2.05) is 18.2 Å². The topological polar surface area (TPSA) is 77.2 Å². The van der Waals surface area contributed by atoms with E-state index >= 15 is 0 Å². The Labute approximate surface area is 176 Å². The SMILES string of the molecule is Cc1sc(CCNC(=O)C(N)C2CCOCC2)nc1-c1ccccc1.Cl.Cl. The fourth-order valence-electron chi connectivity index (χ4n) is 3.12. The van der Waals surface area contributed by atoms with Crippen LogP contribution in [-0.2, 0) is 16.0 Å². The summed E-state index contributed by atoms with van der Waals surface area (Å²) in [5.74, 6) is 0.156. The van der Waals surface area contributed by atoms with Crippen molar-refractivity contribution in [3.63, 3.8) is 0 Å². The highest BCUT2D eigenvalue weighted by Gasteiger charge is 2.26. The molecule has 1 fully saturated rings. The molecule has 1 saturated heterocycles. The minimum Gasteiger partial charge on any atom is -0.381 e. The Bertz CT molecular complexity index is 706. The number of aromatic nitrogens is 1. The number of ether oxygens (including phenoxy) is 1. The molecule has 8 heteroatoms. The number of hydrogen-bond donors (Lipinski definition) is 2. The molecule has 1 aliphatic heterocycles. The van der Waals surface area contributed by atoms with Gasteiger partial charge in [-0.05, 0) is 25.7 Å². The second-order valence-corrected chi connectivity index (χ2v) is 7.68. The Morgan fingerprint density at radius 1 is 1.30 bits per heavy atom. The molecule has 27 heavy (non-hydrogen) atoms. The van der Waals surface area contributed by atoms with E-state index in [2.05, 4.69) is 24.4 Å². The standard InChI is InChI=1S/C19H25N3O2S.2ClH/c1-13-18(15-5-3-2-4-6-15)22-16(25-13)7-10-21-19(23)17(20)14-8-11-24-12-9-14;;/h2-6,14,17H,7-12,20H2,1H3,(H,21,23);2*1H. The van der Waals surface area contributed by atoms with Crippen LogP contribution in [-0.4, -0.2) is 36.7 Å². The van der Waals surface area contributed by atoms with Gasteiger partial charge in [-0.25, -0.2) is 4.98 Å². The number of carbonyl (C=O) groups excluding carboxylic acids is 1. The number of nitrogens with two attached hydrogens (primary N) is 1. The molecule has 3 rings (SSSR count). The third-order valence-corrected chi connectivity index (χ3v) is 5.63. The second-order valence-electron chi connectivity index (χ2n) is 6.40. The van der Waals surface area contributed by atoms with Gasteiger partial charge in [-0.15, -0.1) is 36.2 Å². The molecule has 2 aromatic rings. The first kappa shape index (κ1) is 23.9. The van der Waals surface area contributed by atoms with Crippen molar-refractivity contribution in [3.8, 4) is 11.3 Å². The van der Waals surface area contributed by atoms with Crippen LogP contribution in [0.2, 0.25) is 0 Å². The molecule has 1 aromatic carbocycles. The van der Waals surface area contributed by atoms with Gasteiger partial charge in [-0.2, -0.15) is 0 Å². The Morgan fingerprint density at radius 3 is 2.63 bits per heavy atom. The molecule has 150 valence electrons. The van der Waals surface area contributed by atoms with Crippen LogP contribution in [0.25, 0.3) is 11.3 Å². The minimum atomic E-state index is -0.443. The van der Waals surface area contributed by atoms with Gasteiger partial charge in [0.25, 0.3) is 0 Å². The summed E-state index contributed by atoms with van der Waals surface area (Å²) in [6.07, 6.45) is 2.45. The molecule has 0 bridgehead atoms. The first-order valence-corrected chi connectivity index (χ1v) is 9.59. The Morgan fingerprint density at radius 2 is 1.96 bits per heavy atom. The monoisotopic (exact) mass is 431 g/mol. The minimum absolute atomic E-state index is 0. The maximum atomic E-state index is 12.2. The molecule has 3 N–H and O–H groups in total. The summed E-state index contributed by atoms with van der Waals surface area (Å²) in [5, 5.41) is 4.00. The maximum Gasteiger partial charge on any atom is 0.237 e. The van der Waals surface area contributed by atoms with Gasteiger partial charge in [0, 0.05) is 36.6 Å². The molecule has 5 nitrogen and oxygen atoms in total. The largest absolute Gasteiger partial charge is 0.381 e. The Balaban J connectivity index is 0.00000182. The molecule has 1 atom stereocenters. The number of nitrogens with zero attached hydrogens (tertiary/aromatic N) is 1. The highest BCUT2D eigenvalue weighted by atomic mass is 35.5. The average Bonchev–Trinajstić information content (AvgIpc) is 3.03. The van der Waals surface area contributed by atoms with Crippen LogP contribution in [0.15, 0.2) is 30.3 Å². The zero-order valence-electron chi connectivity index (χ0n) is 15.3. The van der Waals surface area contributed by atoms with Gasteiger partial charge in [-0.3, -0.25) is 4.79 Å². The van der Waals surface area contributed by atoms with E-state index < -0.39 is 6.04 Å². The van der Waals surface area contributed by atoms with E-state index in [-0.39, 0.29) is 36.6 Å². The van der Waals surface area contributed by atoms with E-state index in [0.717, 1.165) is 35.5 Å². The molecular weight excluding hydrogens is 405 g/mol. The third kappa shape index (κ3) is 6.43. The summed E-state index contributed by atoms with van der Waals surface area (Å²) in [4.78, 5) is 18.2. The van der Waals surface area contributed by atoms with Crippen molar-refractivity contribution in [2.75, 3.05) is 19.8 Å². The summed E-state index contributed by atoms with van der Waals surface area (Å²) in [7, 11) is 0. The van der Waals surface area contributed by atoms with Gasteiger partial charge in [0.15, 0.2) is 0 Å².